The molecule has 1 aromatic carbocycles. The molecular formula is C19H29N3OS2. The van der Waals surface area contributed by atoms with Crippen molar-refractivity contribution in [3.05, 3.63) is 24.3 Å². The molecule has 1 aromatic rings. The Kier molecular flexibility index (Phi) is 7.40. The number of anilines is 1. The van der Waals surface area contributed by atoms with Gasteiger partial charge in [0.2, 0.25) is 0 Å². The summed E-state index contributed by atoms with van der Waals surface area (Å²) in [6, 6.07) is 9.04. The molecule has 138 valence electrons. The quantitative estimate of drug-likeness (QED) is 0.620. The third-order valence-electron chi connectivity index (χ3n) is 5.09. The third kappa shape index (κ3) is 5.58. The number of hydrogen-bond acceptors (Lipinski definition) is 4. The van der Waals surface area contributed by atoms with Crippen LogP contribution in [-0.4, -0.2) is 66.6 Å². The summed E-state index contributed by atoms with van der Waals surface area (Å²) in [5, 5.41) is 4.34. The van der Waals surface area contributed by atoms with Crippen molar-refractivity contribution in [1.29, 1.82) is 0 Å². The average Bonchev–Trinajstić information content (AvgIpc) is 2.67. The van der Waals surface area contributed by atoms with Gasteiger partial charge < -0.3 is 15.0 Å². The molecule has 2 heterocycles. The maximum absolute atomic E-state index is 5.76. The van der Waals surface area contributed by atoms with Gasteiger partial charge in [-0.1, -0.05) is 6.07 Å². The van der Waals surface area contributed by atoms with Crippen LogP contribution in [0.5, 0.6) is 0 Å². The van der Waals surface area contributed by atoms with Crippen molar-refractivity contribution in [2.75, 3.05) is 51.0 Å². The Bertz CT molecular complexity index is 563. The lowest BCUT2D eigenvalue weighted by Crippen LogP contribution is -2.47. The summed E-state index contributed by atoms with van der Waals surface area (Å²) in [6.07, 6.45) is 7.09. The van der Waals surface area contributed by atoms with E-state index in [2.05, 4.69) is 45.6 Å². The minimum Gasteiger partial charge on any atom is -0.379 e. The number of thioether (sulfide) groups is 1. The van der Waals surface area contributed by atoms with Crippen molar-refractivity contribution in [3.63, 3.8) is 0 Å². The highest BCUT2D eigenvalue weighted by Gasteiger charge is 2.25. The molecule has 1 atom stereocenters. The number of hydrogen-bond donors (Lipinski definition) is 1. The van der Waals surface area contributed by atoms with Crippen molar-refractivity contribution in [2.24, 2.45) is 0 Å². The van der Waals surface area contributed by atoms with Gasteiger partial charge in [-0.15, -0.1) is 11.8 Å². The first kappa shape index (κ1) is 19.0. The normalized spacial score (nSPS) is 22.0. The SMILES string of the molecule is CSc1cccc(NC(=S)N2CCCCC2CCN2CCOCC2)c1. The Morgan fingerprint density at radius 3 is 2.92 bits per heavy atom. The predicted octanol–water partition coefficient (Wildman–Crippen LogP) is 3.68. The topological polar surface area (TPSA) is 27.7 Å². The zero-order valence-electron chi connectivity index (χ0n) is 15.1. The van der Waals surface area contributed by atoms with Crippen LogP contribution >= 0.6 is 24.0 Å². The monoisotopic (exact) mass is 379 g/mol. The van der Waals surface area contributed by atoms with Crippen LogP contribution in [0.1, 0.15) is 25.7 Å². The maximum atomic E-state index is 5.76. The molecule has 2 fully saturated rings. The van der Waals surface area contributed by atoms with E-state index >= 15 is 0 Å². The number of thiocarbonyl (C=S) groups is 1. The number of rotatable bonds is 5. The number of piperidine rings is 1. The molecule has 0 spiro atoms. The average molecular weight is 380 g/mol. The fourth-order valence-corrected chi connectivity index (χ4v) is 4.44. The van der Waals surface area contributed by atoms with Crippen LogP contribution < -0.4 is 5.32 Å². The van der Waals surface area contributed by atoms with Gasteiger partial charge in [0.05, 0.1) is 13.2 Å². The number of morpholine rings is 1. The van der Waals surface area contributed by atoms with Crippen LogP contribution in [-0.2, 0) is 4.74 Å². The van der Waals surface area contributed by atoms with Crippen molar-refractivity contribution in [3.8, 4) is 0 Å². The van der Waals surface area contributed by atoms with Crippen molar-refractivity contribution in [2.45, 2.75) is 36.6 Å². The highest BCUT2D eigenvalue weighted by Crippen LogP contribution is 2.23. The molecule has 0 bridgehead atoms. The van der Waals surface area contributed by atoms with E-state index in [-0.39, 0.29) is 0 Å². The lowest BCUT2D eigenvalue weighted by molar-refractivity contribution is 0.0338. The van der Waals surface area contributed by atoms with Gasteiger partial charge in [0, 0.05) is 42.8 Å². The molecule has 0 radical (unpaired) electrons. The zero-order chi connectivity index (χ0) is 17.5. The molecule has 0 aliphatic carbocycles. The first-order valence-electron chi connectivity index (χ1n) is 9.28. The van der Waals surface area contributed by atoms with E-state index in [0.29, 0.717) is 6.04 Å². The summed E-state index contributed by atoms with van der Waals surface area (Å²) < 4.78 is 5.45. The number of benzene rings is 1. The minimum absolute atomic E-state index is 0.556. The molecule has 0 saturated carbocycles. The fraction of sp³-hybridized carbons (Fsp3) is 0.632. The third-order valence-corrected chi connectivity index (χ3v) is 6.15. The van der Waals surface area contributed by atoms with Gasteiger partial charge in [0.1, 0.15) is 0 Å². The van der Waals surface area contributed by atoms with Gasteiger partial charge >= 0.3 is 0 Å². The molecule has 3 rings (SSSR count). The summed E-state index contributed by atoms with van der Waals surface area (Å²) in [5.74, 6) is 0. The fourth-order valence-electron chi connectivity index (χ4n) is 3.62. The van der Waals surface area contributed by atoms with Gasteiger partial charge in [0.15, 0.2) is 5.11 Å². The first-order valence-corrected chi connectivity index (χ1v) is 10.9. The Morgan fingerprint density at radius 2 is 2.12 bits per heavy atom. The number of ether oxygens (including phenoxy) is 1. The summed E-state index contributed by atoms with van der Waals surface area (Å²) in [6.45, 7) is 6.10. The van der Waals surface area contributed by atoms with Gasteiger partial charge in [-0.25, -0.2) is 0 Å². The van der Waals surface area contributed by atoms with Gasteiger partial charge in [-0.05, 0) is 62.4 Å². The van der Waals surface area contributed by atoms with Gasteiger partial charge in [-0.3, -0.25) is 4.90 Å². The Morgan fingerprint density at radius 1 is 1.28 bits per heavy atom. The molecule has 25 heavy (non-hydrogen) atoms. The highest BCUT2D eigenvalue weighted by atomic mass is 32.2. The second kappa shape index (κ2) is 9.76. The molecule has 1 N–H and O–H groups in total. The maximum Gasteiger partial charge on any atom is 0.173 e. The summed E-state index contributed by atoms with van der Waals surface area (Å²) in [7, 11) is 0. The number of nitrogens with one attached hydrogen (secondary N) is 1. The Balaban J connectivity index is 1.56. The van der Waals surface area contributed by atoms with Crippen molar-refractivity contribution in [1.82, 2.24) is 9.80 Å². The standard InChI is InChI=1S/C19H29N3OS2/c1-25-18-7-4-5-16(15-18)20-19(24)22-9-3-2-6-17(22)8-10-21-11-13-23-14-12-21/h4-5,7,15,17H,2-3,6,8-14H2,1H3,(H,20,24). The van der Waals surface area contributed by atoms with Crippen LogP contribution in [0.15, 0.2) is 29.2 Å². The largest absolute Gasteiger partial charge is 0.379 e. The van der Waals surface area contributed by atoms with Crippen molar-refractivity contribution < 1.29 is 4.74 Å². The molecule has 4 nitrogen and oxygen atoms in total. The van der Waals surface area contributed by atoms with E-state index in [0.717, 1.165) is 50.2 Å². The van der Waals surface area contributed by atoms with Crippen molar-refractivity contribution >= 4 is 34.8 Å². The summed E-state index contributed by atoms with van der Waals surface area (Å²) >= 11 is 7.52. The molecule has 6 heteroatoms. The van der Waals surface area contributed by atoms with Crippen LogP contribution in [0.4, 0.5) is 5.69 Å². The Hall–Kier alpha value is -0.820. The van der Waals surface area contributed by atoms with Gasteiger partial charge in [-0.2, -0.15) is 0 Å². The van der Waals surface area contributed by atoms with Crippen LogP contribution in [0, 0.1) is 0 Å². The molecule has 0 aromatic heterocycles. The van der Waals surface area contributed by atoms with Crippen LogP contribution in [0.2, 0.25) is 0 Å². The van der Waals surface area contributed by atoms with Crippen LogP contribution in [0.25, 0.3) is 0 Å². The minimum atomic E-state index is 0.556. The van der Waals surface area contributed by atoms with E-state index in [9.17, 15) is 0 Å². The number of nitrogens with zero attached hydrogens (tertiary/aromatic N) is 2. The lowest BCUT2D eigenvalue weighted by Gasteiger charge is -2.39. The lowest BCUT2D eigenvalue weighted by atomic mass is 9.99. The van der Waals surface area contributed by atoms with Gasteiger partial charge in [0.25, 0.3) is 0 Å². The predicted molar refractivity (Wildman–Crippen MR) is 111 cm³/mol. The smallest absolute Gasteiger partial charge is 0.173 e. The first-order chi connectivity index (χ1) is 12.3. The van der Waals surface area contributed by atoms with E-state index in [1.165, 1.54) is 30.6 Å². The molecule has 2 saturated heterocycles. The summed E-state index contributed by atoms with van der Waals surface area (Å²) in [4.78, 5) is 6.20. The second-order valence-corrected chi connectivity index (χ2v) is 8.01. The molecule has 2 aliphatic heterocycles. The molecular weight excluding hydrogens is 350 g/mol. The van der Waals surface area contributed by atoms with E-state index in [1.54, 1.807) is 11.8 Å². The molecule has 2 aliphatic rings. The zero-order valence-corrected chi connectivity index (χ0v) is 16.7. The van der Waals surface area contributed by atoms with E-state index < -0.39 is 0 Å². The Labute approximate surface area is 161 Å². The van der Waals surface area contributed by atoms with E-state index in [1.807, 2.05) is 0 Å². The number of likely N-dealkylation sites (tertiary alicyclic amines) is 1. The second-order valence-electron chi connectivity index (χ2n) is 6.75. The molecule has 0 amide bonds. The summed E-state index contributed by atoms with van der Waals surface area (Å²) in [5.41, 5.74) is 1.09. The van der Waals surface area contributed by atoms with E-state index in [4.69, 9.17) is 17.0 Å². The van der Waals surface area contributed by atoms with Crippen LogP contribution in [0.3, 0.4) is 0 Å². The highest BCUT2D eigenvalue weighted by molar-refractivity contribution is 7.98. The molecule has 1 unspecified atom stereocenters.